The molecule has 6 nitrogen and oxygen atoms in total. The molecule has 0 aromatic carbocycles. The van der Waals surface area contributed by atoms with Crippen LogP contribution in [0.2, 0.25) is 0 Å². The average Bonchev–Trinajstić information content (AvgIpc) is 2.75. The van der Waals surface area contributed by atoms with Gasteiger partial charge in [-0.2, -0.15) is 5.10 Å². The van der Waals surface area contributed by atoms with Gasteiger partial charge in [-0.1, -0.05) is 12.8 Å². The monoisotopic (exact) mass is 241 g/mol. The minimum absolute atomic E-state index is 0.127. The van der Waals surface area contributed by atoms with Crippen LogP contribution in [0.5, 0.6) is 0 Å². The van der Waals surface area contributed by atoms with Crippen LogP contribution < -0.4 is 11.2 Å². The van der Waals surface area contributed by atoms with Crippen molar-refractivity contribution in [3.8, 4) is 0 Å². The van der Waals surface area contributed by atoms with Gasteiger partial charge < -0.3 is 10.8 Å². The number of nitrogens with two attached hydrogens (primary N) is 1. The Hall–Kier alpha value is -1.59. The zero-order valence-electron chi connectivity index (χ0n) is 9.82. The Morgan fingerprint density at radius 1 is 1.29 bits per heavy atom. The van der Waals surface area contributed by atoms with Crippen LogP contribution in [-0.4, -0.2) is 22.8 Å². The van der Waals surface area contributed by atoms with Gasteiger partial charge in [0.2, 0.25) is 0 Å². The van der Waals surface area contributed by atoms with Crippen LogP contribution in [0.1, 0.15) is 44.9 Å². The lowest BCUT2D eigenvalue weighted by Crippen LogP contribution is -2.27. The van der Waals surface area contributed by atoms with Gasteiger partial charge in [-0.15, -0.1) is 0 Å². The van der Waals surface area contributed by atoms with Crippen molar-refractivity contribution in [1.29, 1.82) is 0 Å². The van der Waals surface area contributed by atoms with Gasteiger partial charge in [0.1, 0.15) is 0 Å². The Morgan fingerprint density at radius 3 is 2.47 bits per heavy atom. The molecule has 0 aromatic heterocycles. The smallest absolute Gasteiger partial charge is 0.332 e. The molecule has 17 heavy (non-hydrogen) atoms. The van der Waals surface area contributed by atoms with Crippen LogP contribution in [-0.2, 0) is 4.79 Å². The number of amides is 2. The number of carbonyl (C=O) groups excluding carboxylic acids is 1. The average molecular weight is 241 g/mol. The number of primary amides is 1. The summed E-state index contributed by atoms with van der Waals surface area (Å²) >= 11 is 0. The quantitative estimate of drug-likeness (QED) is 0.484. The molecule has 6 heteroatoms. The summed E-state index contributed by atoms with van der Waals surface area (Å²) in [5.41, 5.74) is 8.08. The Balaban J connectivity index is 2.48. The molecule has 1 aliphatic carbocycles. The van der Waals surface area contributed by atoms with Crippen LogP contribution in [0.25, 0.3) is 0 Å². The first kappa shape index (κ1) is 13.5. The van der Waals surface area contributed by atoms with Crippen LogP contribution >= 0.6 is 0 Å². The first-order valence-electron chi connectivity index (χ1n) is 5.93. The van der Waals surface area contributed by atoms with E-state index in [2.05, 4.69) is 10.5 Å². The van der Waals surface area contributed by atoms with Crippen LogP contribution in [0, 0.1) is 5.92 Å². The van der Waals surface area contributed by atoms with Crippen molar-refractivity contribution in [2.75, 3.05) is 0 Å². The van der Waals surface area contributed by atoms with Crippen molar-refractivity contribution in [1.82, 2.24) is 5.43 Å². The number of nitrogens with one attached hydrogen (secondary N) is 1. The Morgan fingerprint density at radius 2 is 1.94 bits per heavy atom. The molecule has 1 saturated carbocycles. The van der Waals surface area contributed by atoms with E-state index in [1.807, 2.05) is 0 Å². The van der Waals surface area contributed by atoms with Gasteiger partial charge in [-0.25, -0.2) is 10.2 Å². The number of hydrazone groups is 1. The summed E-state index contributed by atoms with van der Waals surface area (Å²) in [5, 5.41) is 12.6. The lowest BCUT2D eigenvalue weighted by atomic mass is 9.97. The van der Waals surface area contributed by atoms with E-state index in [1.165, 1.54) is 12.8 Å². The highest BCUT2D eigenvalue weighted by atomic mass is 16.4. The molecule has 0 bridgehead atoms. The predicted octanol–water partition coefficient (Wildman–Crippen LogP) is 1.46. The van der Waals surface area contributed by atoms with Crippen molar-refractivity contribution < 1.29 is 14.7 Å². The van der Waals surface area contributed by atoms with Crippen molar-refractivity contribution in [3.63, 3.8) is 0 Å². The molecule has 0 aliphatic heterocycles. The lowest BCUT2D eigenvalue weighted by molar-refractivity contribution is -0.137. The Kier molecular flexibility index (Phi) is 5.45. The summed E-state index contributed by atoms with van der Waals surface area (Å²) < 4.78 is 0. The Bertz CT molecular complexity index is 309. The SMILES string of the molecule is NC(=O)N/N=C(/CCCC(=O)O)C1CCCC1. The summed E-state index contributed by atoms with van der Waals surface area (Å²) in [4.78, 5) is 21.0. The molecule has 0 radical (unpaired) electrons. The number of aliphatic carboxylic acids is 1. The highest BCUT2D eigenvalue weighted by molar-refractivity contribution is 5.88. The third-order valence-corrected chi connectivity index (χ3v) is 2.96. The fraction of sp³-hybridized carbons (Fsp3) is 0.727. The van der Waals surface area contributed by atoms with E-state index in [9.17, 15) is 9.59 Å². The van der Waals surface area contributed by atoms with Gasteiger partial charge in [-0.3, -0.25) is 4.79 Å². The summed E-state index contributed by atoms with van der Waals surface area (Å²) in [6.45, 7) is 0. The van der Waals surface area contributed by atoms with Gasteiger partial charge in [-0.05, 0) is 31.6 Å². The minimum atomic E-state index is -0.807. The van der Waals surface area contributed by atoms with E-state index in [-0.39, 0.29) is 6.42 Å². The van der Waals surface area contributed by atoms with Crippen molar-refractivity contribution in [2.24, 2.45) is 16.8 Å². The number of carbonyl (C=O) groups is 2. The second kappa shape index (κ2) is 6.88. The maximum Gasteiger partial charge on any atom is 0.332 e. The number of carboxylic acid groups (broad SMARTS) is 1. The highest BCUT2D eigenvalue weighted by Crippen LogP contribution is 2.27. The summed E-state index contributed by atoms with van der Waals surface area (Å²) in [7, 11) is 0. The molecule has 1 aliphatic rings. The van der Waals surface area contributed by atoms with E-state index in [4.69, 9.17) is 10.8 Å². The number of hydrogen-bond donors (Lipinski definition) is 3. The van der Waals surface area contributed by atoms with E-state index >= 15 is 0 Å². The molecule has 2 amide bonds. The molecule has 0 unspecified atom stereocenters. The largest absolute Gasteiger partial charge is 0.481 e. The van der Waals surface area contributed by atoms with Crippen molar-refractivity contribution in [2.45, 2.75) is 44.9 Å². The molecule has 96 valence electrons. The zero-order chi connectivity index (χ0) is 12.7. The fourth-order valence-electron chi connectivity index (χ4n) is 2.16. The predicted molar refractivity (Wildman–Crippen MR) is 63.6 cm³/mol. The van der Waals surface area contributed by atoms with Crippen molar-refractivity contribution in [3.05, 3.63) is 0 Å². The third-order valence-electron chi connectivity index (χ3n) is 2.96. The standard InChI is InChI=1S/C11H19N3O3/c12-11(17)14-13-9(6-3-7-10(15)16)8-4-1-2-5-8/h8H,1-7H2,(H,15,16)(H3,12,14,17)/b13-9-. The topological polar surface area (TPSA) is 105 Å². The summed E-state index contributed by atoms with van der Waals surface area (Å²) in [6.07, 6.45) is 5.74. The summed E-state index contributed by atoms with van der Waals surface area (Å²) in [5.74, 6) is -0.436. The third kappa shape index (κ3) is 5.33. The van der Waals surface area contributed by atoms with Gasteiger partial charge in [0.05, 0.1) is 0 Å². The molecule has 0 aromatic rings. The maximum atomic E-state index is 10.6. The van der Waals surface area contributed by atoms with E-state index < -0.39 is 12.0 Å². The number of urea groups is 1. The Labute approximate surface area is 100 Å². The highest BCUT2D eigenvalue weighted by Gasteiger charge is 2.21. The van der Waals surface area contributed by atoms with Gasteiger partial charge in [0, 0.05) is 12.1 Å². The summed E-state index contributed by atoms with van der Waals surface area (Å²) in [6, 6.07) is -0.682. The molecule has 4 N–H and O–H groups in total. The molecule has 0 atom stereocenters. The van der Waals surface area contributed by atoms with Crippen LogP contribution in [0.3, 0.4) is 0 Å². The molecule has 1 rings (SSSR count). The second-order valence-corrected chi connectivity index (χ2v) is 4.31. The zero-order valence-corrected chi connectivity index (χ0v) is 9.82. The van der Waals surface area contributed by atoms with E-state index in [1.54, 1.807) is 0 Å². The molecular weight excluding hydrogens is 222 g/mol. The van der Waals surface area contributed by atoms with Gasteiger partial charge in [0.25, 0.3) is 0 Å². The van der Waals surface area contributed by atoms with Crippen molar-refractivity contribution >= 4 is 17.7 Å². The van der Waals surface area contributed by atoms with Crippen LogP contribution in [0.4, 0.5) is 4.79 Å². The first-order valence-corrected chi connectivity index (χ1v) is 5.93. The number of carboxylic acids is 1. The molecular formula is C11H19N3O3. The maximum absolute atomic E-state index is 10.6. The molecule has 0 spiro atoms. The second-order valence-electron chi connectivity index (χ2n) is 4.31. The molecule has 1 fully saturated rings. The van der Waals surface area contributed by atoms with E-state index in [0.717, 1.165) is 18.6 Å². The first-order chi connectivity index (χ1) is 8.09. The lowest BCUT2D eigenvalue weighted by Gasteiger charge is -2.12. The number of nitrogens with zero attached hydrogens (tertiary/aromatic N) is 1. The molecule has 0 saturated heterocycles. The fourth-order valence-corrected chi connectivity index (χ4v) is 2.16. The normalized spacial score (nSPS) is 17.1. The van der Waals surface area contributed by atoms with Gasteiger partial charge >= 0.3 is 12.0 Å². The molecule has 0 heterocycles. The van der Waals surface area contributed by atoms with Gasteiger partial charge in [0.15, 0.2) is 0 Å². The number of hydrogen-bond acceptors (Lipinski definition) is 3. The van der Waals surface area contributed by atoms with E-state index in [0.29, 0.717) is 18.8 Å². The number of rotatable bonds is 6. The minimum Gasteiger partial charge on any atom is -0.481 e. The van der Waals surface area contributed by atoms with Crippen LogP contribution in [0.15, 0.2) is 5.10 Å².